The van der Waals surface area contributed by atoms with E-state index in [0.29, 0.717) is 8.73 Å². The van der Waals surface area contributed by atoms with Gasteiger partial charge in [-0.1, -0.05) is 36.9 Å². The first-order valence-electron chi connectivity index (χ1n) is 5.52. The second-order valence-corrected chi connectivity index (χ2v) is 4.96. The SMILES string of the molecule is C=C(CNPCc1ccccc1)OC(C)C. The lowest BCUT2D eigenvalue weighted by atomic mass is 10.2. The van der Waals surface area contributed by atoms with Crippen molar-refractivity contribution in [3.8, 4) is 0 Å². The molecule has 1 aromatic rings. The van der Waals surface area contributed by atoms with E-state index in [1.807, 2.05) is 19.9 Å². The third kappa shape index (κ3) is 5.89. The van der Waals surface area contributed by atoms with Gasteiger partial charge in [-0.25, -0.2) is 0 Å². The number of nitrogens with one attached hydrogen (secondary N) is 1. The first-order valence-corrected chi connectivity index (χ1v) is 6.73. The zero-order chi connectivity index (χ0) is 11.8. The molecule has 0 saturated carbocycles. The van der Waals surface area contributed by atoms with Gasteiger partial charge in [-0.2, -0.15) is 0 Å². The summed E-state index contributed by atoms with van der Waals surface area (Å²) in [6, 6.07) is 10.5. The minimum atomic E-state index is 0.215. The van der Waals surface area contributed by atoms with Crippen molar-refractivity contribution in [1.29, 1.82) is 0 Å². The number of ether oxygens (including phenoxy) is 1. The van der Waals surface area contributed by atoms with Crippen LogP contribution in [-0.4, -0.2) is 12.6 Å². The van der Waals surface area contributed by atoms with Gasteiger partial charge in [0.15, 0.2) is 0 Å². The topological polar surface area (TPSA) is 21.3 Å². The molecule has 1 unspecified atom stereocenters. The van der Waals surface area contributed by atoms with Crippen LogP contribution in [0, 0.1) is 0 Å². The summed E-state index contributed by atoms with van der Waals surface area (Å²) in [5.41, 5.74) is 1.36. The predicted octanol–water partition coefficient (Wildman–Crippen LogP) is 3.31. The second-order valence-electron chi connectivity index (χ2n) is 3.90. The van der Waals surface area contributed by atoms with Crippen LogP contribution in [0.4, 0.5) is 0 Å². The molecule has 0 fully saturated rings. The molecule has 88 valence electrons. The third-order valence-corrected chi connectivity index (χ3v) is 2.96. The van der Waals surface area contributed by atoms with E-state index in [2.05, 4.69) is 35.9 Å². The Labute approximate surface area is 99.9 Å². The number of benzene rings is 1. The average molecular weight is 237 g/mol. The molecule has 0 radical (unpaired) electrons. The minimum Gasteiger partial charge on any atom is -0.495 e. The van der Waals surface area contributed by atoms with E-state index >= 15 is 0 Å². The zero-order valence-electron chi connectivity index (χ0n) is 9.99. The van der Waals surface area contributed by atoms with Crippen LogP contribution < -0.4 is 5.09 Å². The lowest BCUT2D eigenvalue weighted by Gasteiger charge is -2.12. The largest absolute Gasteiger partial charge is 0.495 e. The highest BCUT2D eigenvalue weighted by Crippen LogP contribution is 2.14. The summed E-state index contributed by atoms with van der Waals surface area (Å²) in [5.74, 6) is 0.815. The van der Waals surface area contributed by atoms with Gasteiger partial charge in [-0.3, -0.25) is 5.09 Å². The summed E-state index contributed by atoms with van der Waals surface area (Å²) in [6.45, 7) is 8.62. The van der Waals surface area contributed by atoms with Crippen molar-refractivity contribution < 1.29 is 4.74 Å². The van der Waals surface area contributed by atoms with Gasteiger partial charge in [0, 0.05) is 6.16 Å². The van der Waals surface area contributed by atoms with Gasteiger partial charge in [0.1, 0.15) is 5.76 Å². The van der Waals surface area contributed by atoms with Crippen molar-refractivity contribution in [3.63, 3.8) is 0 Å². The molecule has 0 bridgehead atoms. The normalized spacial score (nSPS) is 11.2. The van der Waals surface area contributed by atoms with Crippen molar-refractivity contribution in [2.24, 2.45) is 0 Å². The van der Waals surface area contributed by atoms with Crippen molar-refractivity contribution in [2.45, 2.75) is 26.1 Å². The Morgan fingerprint density at radius 2 is 2.06 bits per heavy atom. The van der Waals surface area contributed by atoms with Gasteiger partial charge < -0.3 is 4.74 Å². The van der Waals surface area contributed by atoms with Crippen molar-refractivity contribution in [2.75, 3.05) is 6.54 Å². The molecule has 2 nitrogen and oxygen atoms in total. The Hall–Kier alpha value is -0.850. The molecule has 0 heterocycles. The van der Waals surface area contributed by atoms with Crippen LogP contribution in [0.25, 0.3) is 0 Å². The standard InChI is InChI=1S/C13H20NOP/c1-11(2)15-12(3)9-14-16-10-13-7-5-4-6-8-13/h4-8,11,14,16H,3,9-10H2,1-2H3. The summed E-state index contributed by atoms with van der Waals surface area (Å²) in [5, 5.41) is 3.34. The van der Waals surface area contributed by atoms with Gasteiger partial charge in [0.2, 0.25) is 0 Å². The Balaban J connectivity index is 2.10. The smallest absolute Gasteiger partial charge is 0.103 e. The fraction of sp³-hybridized carbons (Fsp3) is 0.385. The molecule has 0 aliphatic heterocycles. The highest BCUT2D eigenvalue weighted by Gasteiger charge is 1.98. The molecule has 0 spiro atoms. The third-order valence-electron chi connectivity index (χ3n) is 1.95. The average Bonchev–Trinajstić information content (AvgIpc) is 2.25. The molecule has 0 aliphatic rings. The summed E-state index contributed by atoms with van der Waals surface area (Å²) in [7, 11) is 0.708. The lowest BCUT2D eigenvalue weighted by Crippen LogP contribution is -2.12. The second kappa shape index (κ2) is 7.43. The fourth-order valence-corrected chi connectivity index (χ4v) is 2.18. The highest BCUT2D eigenvalue weighted by molar-refractivity contribution is 7.34. The van der Waals surface area contributed by atoms with Crippen molar-refractivity contribution in [1.82, 2.24) is 5.09 Å². The van der Waals surface area contributed by atoms with Gasteiger partial charge >= 0.3 is 0 Å². The van der Waals surface area contributed by atoms with E-state index in [1.54, 1.807) is 0 Å². The van der Waals surface area contributed by atoms with E-state index in [4.69, 9.17) is 4.74 Å². The molecule has 1 atom stereocenters. The van der Waals surface area contributed by atoms with Gasteiger partial charge in [-0.15, -0.1) is 0 Å². The van der Waals surface area contributed by atoms with Crippen LogP contribution >= 0.6 is 8.73 Å². The summed E-state index contributed by atoms with van der Waals surface area (Å²) in [4.78, 5) is 0. The van der Waals surface area contributed by atoms with Gasteiger partial charge in [0.25, 0.3) is 0 Å². The van der Waals surface area contributed by atoms with Crippen LogP contribution in [0.3, 0.4) is 0 Å². The molecule has 1 aromatic carbocycles. The molecule has 1 rings (SSSR count). The van der Waals surface area contributed by atoms with Crippen LogP contribution in [0.15, 0.2) is 42.7 Å². The van der Waals surface area contributed by atoms with Gasteiger partial charge in [-0.05, 0) is 28.1 Å². The Morgan fingerprint density at radius 1 is 1.38 bits per heavy atom. The first-order chi connectivity index (χ1) is 7.68. The highest BCUT2D eigenvalue weighted by atomic mass is 31.1. The quantitative estimate of drug-likeness (QED) is 0.446. The van der Waals surface area contributed by atoms with E-state index in [1.165, 1.54) is 5.56 Å². The fourth-order valence-electron chi connectivity index (χ4n) is 1.30. The van der Waals surface area contributed by atoms with Crippen LogP contribution in [0.2, 0.25) is 0 Å². The molecule has 0 saturated heterocycles. The molecule has 0 aliphatic carbocycles. The molecule has 0 amide bonds. The van der Waals surface area contributed by atoms with E-state index in [9.17, 15) is 0 Å². The van der Waals surface area contributed by atoms with Crippen LogP contribution in [0.1, 0.15) is 19.4 Å². The Kier molecular flexibility index (Phi) is 6.14. The number of hydrogen-bond donors (Lipinski definition) is 1. The molecular formula is C13H20NOP. The first kappa shape index (κ1) is 13.2. The monoisotopic (exact) mass is 237 g/mol. The zero-order valence-corrected chi connectivity index (χ0v) is 11.0. The minimum absolute atomic E-state index is 0.215. The number of rotatable bonds is 7. The maximum Gasteiger partial charge on any atom is 0.103 e. The predicted molar refractivity (Wildman–Crippen MR) is 71.8 cm³/mol. The van der Waals surface area contributed by atoms with E-state index in [0.717, 1.165) is 18.5 Å². The molecule has 3 heteroatoms. The molecule has 16 heavy (non-hydrogen) atoms. The number of hydrogen-bond acceptors (Lipinski definition) is 2. The summed E-state index contributed by atoms with van der Waals surface area (Å²) >= 11 is 0. The molecule has 0 aromatic heterocycles. The van der Waals surface area contributed by atoms with Crippen molar-refractivity contribution >= 4 is 8.73 Å². The maximum atomic E-state index is 5.45. The maximum absolute atomic E-state index is 5.45. The Bertz CT molecular complexity index is 311. The lowest BCUT2D eigenvalue weighted by molar-refractivity contribution is 0.145. The van der Waals surface area contributed by atoms with E-state index < -0.39 is 0 Å². The van der Waals surface area contributed by atoms with Gasteiger partial charge in [0.05, 0.1) is 12.6 Å². The summed E-state index contributed by atoms with van der Waals surface area (Å²) < 4.78 is 5.45. The van der Waals surface area contributed by atoms with E-state index in [-0.39, 0.29) is 6.10 Å². The van der Waals surface area contributed by atoms with Crippen LogP contribution in [-0.2, 0) is 10.9 Å². The summed E-state index contributed by atoms with van der Waals surface area (Å²) in [6.07, 6.45) is 1.28. The Morgan fingerprint density at radius 3 is 2.69 bits per heavy atom. The molecule has 1 N–H and O–H groups in total. The molecular weight excluding hydrogens is 217 g/mol. The van der Waals surface area contributed by atoms with Crippen molar-refractivity contribution in [3.05, 3.63) is 48.2 Å². The van der Waals surface area contributed by atoms with Crippen LogP contribution in [0.5, 0.6) is 0 Å².